The maximum Gasteiger partial charge on any atom is 0.0406 e. The second-order valence-corrected chi connectivity index (χ2v) is 15.5. The van der Waals surface area contributed by atoms with Crippen LogP contribution in [0.1, 0.15) is 61.1 Å². The van der Waals surface area contributed by atoms with Crippen LogP contribution in [0, 0.1) is 11.8 Å². The van der Waals surface area contributed by atoms with Gasteiger partial charge < -0.3 is 0 Å². The molecule has 0 heterocycles. The van der Waals surface area contributed by atoms with Crippen molar-refractivity contribution in [1.29, 1.82) is 0 Å². The summed E-state index contributed by atoms with van der Waals surface area (Å²) in [5.74, 6) is 7.16. The SMILES string of the molecule is CC1(C)c2ccccc2-c2cc(-c3c4ccccc4c(C#Cc4ccccc4)c4ccc(-c5ccc6c(c5)C(C)(C)c5ccccc5-6)cc34)ccc21. The van der Waals surface area contributed by atoms with Crippen LogP contribution in [-0.2, 0) is 10.8 Å². The molecule has 0 bridgehead atoms. The zero-order valence-electron chi connectivity index (χ0n) is 30.0. The monoisotopic (exact) mass is 662 g/mol. The third kappa shape index (κ3) is 4.43. The largest absolute Gasteiger partial charge is 0.0622 e. The molecule has 2 aliphatic carbocycles. The highest BCUT2D eigenvalue weighted by atomic mass is 14.4. The van der Waals surface area contributed by atoms with Gasteiger partial charge in [-0.15, -0.1) is 0 Å². The Balaban J connectivity index is 1.24. The van der Waals surface area contributed by atoms with Crippen LogP contribution >= 0.6 is 0 Å². The molecule has 0 unspecified atom stereocenters. The Morgan fingerprint density at radius 1 is 0.346 bits per heavy atom. The van der Waals surface area contributed by atoms with Crippen LogP contribution in [0.2, 0.25) is 0 Å². The number of hydrogen-bond acceptors (Lipinski definition) is 0. The van der Waals surface area contributed by atoms with Crippen molar-refractivity contribution in [3.8, 4) is 56.3 Å². The number of benzene rings is 8. The molecule has 0 aliphatic heterocycles. The van der Waals surface area contributed by atoms with Crippen molar-refractivity contribution in [3.05, 3.63) is 191 Å². The Bertz CT molecular complexity index is 2830. The molecule has 2 aliphatic rings. The van der Waals surface area contributed by atoms with Gasteiger partial charge in [-0.1, -0.05) is 167 Å². The first kappa shape index (κ1) is 30.6. The van der Waals surface area contributed by atoms with Crippen molar-refractivity contribution in [2.24, 2.45) is 0 Å². The smallest absolute Gasteiger partial charge is 0.0406 e. The summed E-state index contributed by atoms with van der Waals surface area (Å²) in [5, 5.41) is 4.80. The van der Waals surface area contributed by atoms with E-state index in [4.69, 9.17) is 0 Å². The Kier molecular flexibility index (Phi) is 6.58. The molecule has 246 valence electrons. The Morgan fingerprint density at radius 3 is 1.65 bits per heavy atom. The lowest BCUT2D eigenvalue weighted by atomic mass is 9.81. The van der Waals surface area contributed by atoms with Gasteiger partial charge in [0.1, 0.15) is 0 Å². The number of rotatable bonds is 2. The van der Waals surface area contributed by atoms with E-state index in [1.807, 2.05) is 6.07 Å². The quantitative estimate of drug-likeness (QED) is 0.128. The predicted octanol–water partition coefficient (Wildman–Crippen LogP) is 13.3. The maximum atomic E-state index is 3.66. The van der Waals surface area contributed by atoms with Crippen molar-refractivity contribution in [3.63, 3.8) is 0 Å². The molecular weight excluding hydrogens is 625 g/mol. The predicted molar refractivity (Wildman–Crippen MR) is 220 cm³/mol. The highest BCUT2D eigenvalue weighted by Crippen LogP contribution is 2.52. The minimum Gasteiger partial charge on any atom is -0.0622 e. The second kappa shape index (κ2) is 11.2. The molecule has 0 saturated carbocycles. The molecule has 0 N–H and O–H groups in total. The highest BCUT2D eigenvalue weighted by molar-refractivity contribution is 6.17. The van der Waals surface area contributed by atoms with Gasteiger partial charge in [0.2, 0.25) is 0 Å². The first-order valence-electron chi connectivity index (χ1n) is 18.4. The molecule has 8 aromatic carbocycles. The summed E-state index contributed by atoms with van der Waals surface area (Å²) in [6.07, 6.45) is 0. The van der Waals surface area contributed by atoms with Crippen molar-refractivity contribution in [2.45, 2.75) is 38.5 Å². The molecule has 8 aromatic rings. The fourth-order valence-corrected chi connectivity index (χ4v) is 9.22. The molecule has 0 fully saturated rings. The van der Waals surface area contributed by atoms with Gasteiger partial charge in [0, 0.05) is 22.0 Å². The zero-order valence-corrected chi connectivity index (χ0v) is 30.0. The maximum absolute atomic E-state index is 3.66. The average molecular weight is 663 g/mol. The van der Waals surface area contributed by atoms with E-state index in [1.54, 1.807) is 0 Å². The molecule has 0 radical (unpaired) electrons. The summed E-state index contributed by atoms with van der Waals surface area (Å²) < 4.78 is 0. The van der Waals surface area contributed by atoms with Crippen LogP contribution in [0.3, 0.4) is 0 Å². The molecule has 0 nitrogen and oxygen atoms in total. The average Bonchev–Trinajstić information content (AvgIpc) is 3.55. The molecule has 0 spiro atoms. The van der Waals surface area contributed by atoms with E-state index in [1.165, 1.54) is 88.3 Å². The lowest BCUT2D eigenvalue weighted by molar-refractivity contribution is 0.660. The molecule has 10 rings (SSSR count). The summed E-state index contributed by atoms with van der Waals surface area (Å²) in [6.45, 7) is 9.42. The molecular formula is C52H38. The van der Waals surface area contributed by atoms with Gasteiger partial charge in [-0.2, -0.15) is 0 Å². The van der Waals surface area contributed by atoms with E-state index in [2.05, 4.69) is 191 Å². The summed E-state index contributed by atoms with van der Waals surface area (Å²) in [6, 6.07) is 58.2. The van der Waals surface area contributed by atoms with Crippen LogP contribution in [0.15, 0.2) is 158 Å². The van der Waals surface area contributed by atoms with Gasteiger partial charge in [0.05, 0.1) is 0 Å². The first-order chi connectivity index (χ1) is 25.3. The van der Waals surface area contributed by atoms with Crippen LogP contribution < -0.4 is 0 Å². The molecule has 0 aromatic heterocycles. The third-order valence-electron chi connectivity index (χ3n) is 11.9. The normalized spacial score (nSPS) is 14.3. The molecule has 0 heteroatoms. The van der Waals surface area contributed by atoms with Gasteiger partial charge >= 0.3 is 0 Å². The molecule has 52 heavy (non-hydrogen) atoms. The van der Waals surface area contributed by atoms with Crippen molar-refractivity contribution in [2.75, 3.05) is 0 Å². The third-order valence-corrected chi connectivity index (χ3v) is 11.9. The second-order valence-electron chi connectivity index (χ2n) is 15.5. The van der Waals surface area contributed by atoms with Gasteiger partial charge in [0.15, 0.2) is 0 Å². The highest BCUT2D eigenvalue weighted by Gasteiger charge is 2.36. The van der Waals surface area contributed by atoms with Gasteiger partial charge in [-0.25, -0.2) is 0 Å². The van der Waals surface area contributed by atoms with Crippen LogP contribution in [0.4, 0.5) is 0 Å². The number of hydrogen-bond donors (Lipinski definition) is 0. The lowest BCUT2D eigenvalue weighted by Crippen LogP contribution is -2.14. The summed E-state index contributed by atoms with van der Waals surface area (Å²) >= 11 is 0. The Labute approximate surface area is 306 Å². The minimum atomic E-state index is -0.0607. The molecule has 0 atom stereocenters. The Hall–Kier alpha value is -6.16. The van der Waals surface area contributed by atoms with E-state index in [-0.39, 0.29) is 10.8 Å². The first-order valence-corrected chi connectivity index (χ1v) is 18.4. The summed E-state index contributed by atoms with van der Waals surface area (Å²) in [4.78, 5) is 0. The fourth-order valence-electron chi connectivity index (χ4n) is 9.22. The van der Waals surface area contributed by atoms with Gasteiger partial charge in [-0.3, -0.25) is 0 Å². The van der Waals surface area contributed by atoms with Crippen LogP contribution in [-0.4, -0.2) is 0 Å². The number of fused-ring (bicyclic) bond motifs is 8. The van der Waals surface area contributed by atoms with E-state index in [0.29, 0.717) is 0 Å². The van der Waals surface area contributed by atoms with E-state index >= 15 is 0 Å². The van der Waals surface area contributed by atoms with Crippen molar-refractivity contribution in [1.82, 2.24) is 0 Å². The van der Waals surface area contributed by atoms with E-state index in [9.17, 15) is 0 Å². The summed E-state index contributed by atoms with van der Waals surface area (Å²) in [7, 11) is 0. The van der Waals surface area contributed by atoms with E-state index < -0.39 is 0 Å². The molecule has 0 amide bonds. The van der Waals surface area contributed by atoms with Gasteiger partial charge in [-0.05, 0) is 119 Å². The minimum absolute atomic E-state index is 0.0420. The van der Waals surface area contributed by atoms with Crippen LogP contribution in [0.25, 0.3) is 66.1 Å². The van der Waals surface area contributed by atoms with Crippen molar-refractivity contribution >= 4 is 21.5 Å². The zero-order chi connectivity index (χ0) is 35.2. The van der Waals surface area contributed by atoms with Crippen LogP contribution in [0.5, 0.6) is 0 Å². The van der Waals surface area contributed by atoms with Gasteiger partial charge in [0.25, 0.3) is 0 Å². The topological polar surface area (TPSA) is 0 Å². The van der Waals surface area contributed by atoms with Crippen molar-refractivity contribution < 1.29 is 0 Å². The lowest BCUT2D eigenvalue weighted by Gasteiger charge is -2.22. The summed E-state index contributed by atoms with van der Waals surface area (Å²) in [5.41, 5.74) is 17.9. The van der Waals surface area contributed by atoms with E-state index in [0.717, 1.165) is 11.1 Å². The standard InChI is InChI=1S/C52H38/c1-51(2)47-21-13-11-18-41(47)44-31-36(25-29-48(44)51)50-43-19-9-8-16-37(43)38(26-22-33-14-6-5-7-15-33)39-27-23-34(30-45(39)50)35-24-28-42-40-17-10-12-20-46(40)52(3,4)49(42)32-35/h5-21,23-25,27-32H,1-4H3. The fraction of sp³-hybridized carbons (Fsp3) is 0.115. The molecule has 0 saturated heterocycles. The Morgan fingerprint density at radius 2 is 0.885 bits per heavy atom.